The van der Waals surface area contributed by atoms with E-state index < -0.39 is 0 Å². The van der Waals surface area contributed by atoms with Crippen LogP contribution in [0.25, 0.3) is 0 Å². The maximum absolute atomic E-state index is 13.8. The van der Waals surface area contributed by atoms with E-state index in [1.807, 2.05) is 67.6 Å². The highest BCUT2D eigenvalue weighted by Crippen LogP contribution is 2.47. The first-order valence-corrected chi connectivity index (χ1v) is 12.8. The molecule has 0 amide bonds. The van der Waals surface area contributed by atoms with E-state index in [1.165, 1.54) is 0 Å². The Labute approximate surface area is 218 Å². The van der Waals surface area contributed by atoms with Crippen LogP contribution >= 0.6 is 27.5 Å². The molecule has 0 fully saturated rings. The summed E-state index contributed by atoms with van der Waals surface area (Å²) in [5, 5.41) is 7.88. The van der Waals surface area contributed by atoms with Gasteiger partial charge in [-0.2, -0.15) is 0 Å². The molecule has 3 aromatic rings. The predicted octanol–water partition coefficient (Wildman–Crippen LogP) is 7.49. The molecule has 2 unspecified atom stereocenters. The highest BCUT2D eigenvalue weighted by molar-refractivity contribution is 9.10. The predicted molar refractivity (Wildman–Crippen MR) is 144 cm³/mol. The number of rotatable bonds is 5. The molecule has 0 spiro atoms. The van der Waals surface area contributed by atoms with Crippen LogP contribution in [0.5, 0.6) is 11.5 Å². The number of methoxy groups -OCH3 is 1. The van der Waals surface area contributed by atoms with Crippen molar-refractivity contribution in [1.82, 2.24) is 0 Å². The van der Waals surface area contributed by atoms with E-state index in [1.54, 1.807) is 7.11 Å². The molecule has 2 atom stereocenters. The van der Waals surface area contributed by atoms with E-state index in [2.05, 4.69) is 26.6 Å². The highest BCUT2D eigenvalue weighted by Gasteiger charge is 2.37. The van der Waals surface area contributed by atoms with Gasteiger partial charge in [-0.3, -0.25) is 4.79 Å². The summed E-state index contributed by atoms with van der Waals surface area (Å²) in [5.41, 5.74) is 5.43. The van der Waals surface area contributed by atoms with Gasteiger partial charge in [-0.25, -0.2) is 0 Å². The average Bonchev–Trinajstić information content (AvgIpc) is 3.02. The van der Waals surface area contributed by atoms with E-state index in [9.17, 15) is 4.79 Å². The van der Waals surface area contributed by atoms with Crippen LogP contribution in [0.1, 0.15) is 42.9 Å². The van der Waals surface area contributed by atoms with E-state index >= 15 is 0 Å². The topological polar surface area (TPSA) is 59.6 Å². The molecule has 1 heterocycles. The Morgan fingerprint density at radius 2 is 1.80 bits per heavy atom. The van der Waals surface area contributed by atoms with Crippen LogP contribution < -0.4 is 20.1 Å². The summed E-state index contributed by atoms with van der Waals surface area (Å²) in [4.78, 5) is 13.8. The molecule has 35 heavy (non-hydrogen) atoms. The van der Waals surface area contributed by atoms with Gasteiger partial charge in [0.25, 0.3) is 0 Å². The number of hydrogen-bond donors (Lipinski definition) is 2. The summed E-state index contributed by atoms with van der Waals surface area (Å²) in [6.45, 7) is 2.45. The number of carbonyl (C=O) groups is 1. The Kier molecular flexibility index (Phi) is 6.76. The van der Waals surface area contributed by atoms with Gasteiger partial charge in [-0.15, -0.1) is 0 Å². The minimum absolute atomic E-state index is 0.00923. The lowest BCUT2D eigenvalue weighted by atomic mass is 9.78. The van der Waals surface area contributed by atoms with Crippen LogP contribution in [0.3, 0.4) is 0 Å². The monoisotopic (exact) mass is 552 g/mol. The SMILES string of the molecule is CCOc1c(Br)cc(C2Nc3ccccc3NC3=C2C(=O)CC(c2ccccc2Cl)C3)cc1OC. The summed E-state index contributed by atoms with van der Waals surface area (Å²) in [6, 6.07) is 19.4. The van der Waals surface area contributed by atoms with E-state index in [0.29, 0.717) is 36.0 Å². The molecule has 2 N–H and O–H groups in total. The fraction of sp³-hybridized carbons (Fsp3) is 0.250. The second-order valence-corrected chi connectivity index (χ2v) is 9.92. The van der Waals surface area contributed by atoms with E-state index in [0.717, 1.165) is 38.2 Å². The molecule has 180 valence electrons. The van der Waals surface area contributed by atoms with Crippen molar-refractivity contribution in [2.24, 2.45) is 0 Å². The van der Waals surface area contributed by atoms with Crippen LogP contribution in [-0.4, -0.2) is 19.5 Å². The molecular formula is C28H26BrClN2O3. The van der Waals surface area contributed by atoms with Crippen LogP contribution in [0.15, 0.2) is 76.4 Å². The molecule has 0 saturated carbocycles. The standard InChI is InChI=1S/C28H26BrClN2O3/c1-3-35-28-19(29)12-17(15-25(28)34-2)27-26-23(31-21-10-6-7-11-22(21)32-27)13-16(14-24(26)33)18-8-4-5-9-20(18)30/h4-12,15-16,27,31-32H,3,13-14H2,1-2H3. The summed E-state index contributed by atoms with van der Waals surface area (Å²) < 4.78 is 12.2. The maximum atomic E-state index is 13.8. The number of ketones is 1. The second kappa shape index (κ2) is 9.96. The average molecular weight is 554 g/mol. The molecule has 0 saturated heterocycles. The van der Waals surface area contributed by atoms with Crippen molar-refractivity contribution in [3.05, 3.63) is 92.6 Å². The zero-order chi connectivity index (χ0) is 24.5. The number of nitrogens with one attached hydrogen (secondary N) is 2. The lowest BCUT2D eigenvalue weighted by molar-refractivity contribution is -0.116. The van der Waals surface area contributed by atoms with Gasteiger partial charge in [0, 0.05) is 22.7 Å². The van der Waals surface area contributed by atoms with Gasteiger partial charge in [-0.1, -0.05) is 41.9 Å². The summed E-state index contributed by atoms with van der Waals surface area (Å²) in [5.74, 6) is 1.37. The number of benzene rings is 3. The normalized spacial score (nSPS) is 19.1. The number of hydrogen-bond acceptors (Lipinski definition) is 5. The van der Waals surface area contributed by atoms with Crippen LogP contribution in [0.4, 0.5) is 11.4 Å². The minimum atomic E-state index is -0.360. The Morgan fingerprint density at radius 3 is 2.54 bits per heavy atom. The largest absolute Gasteiger partial charge is 0.493 e. The number of anilines is 2. The second-order valence-electron chi connectivity index (χ2n) is 8.66. The fourth-order valence-corrected chi connectivity index (χ4v) is 5.82. The zero-order valence-corrected chi connectivity index (χ0v) is 21.9. The lowest BCUT2D eigenvalue weighted by Crippen LogP contribution is -2.27. The molecule has 1 aliphatic heterocycles. The summed E-state index contributed by atoms with van der Waals surface area (Å²) in [6.07, 6.45) is 1.08. The third kappa shape index (κ3) is 4.53. The van der Waals surface area contributed by atoms with Crippen molar-refractivity contribution in [2.45, 2.75) is 31.7 Å². The molecule has 5 rings (SSSR count). The lowest BCUT2D eigenvalue weighted by Gasteiger charge is -2.30. The molecule has 2 aliphatic rings. The van der Waals surface area contributed by atoms with Gasteiger partial charge in [-0.05, 0) is 76.7 Å². The number of allylic oxidation sites excluding steroid dienone is 1. The molecule has 0 radical (unpaired) electrons. The van der Waals surface area contributed by atoms with Gasteiger partial charge in [0.15, 0.2) is 17.3 Å². The van der Waals surface area contributed by atoms with Crippen LogP contribution in [-0.2, 0) is 4.79 Å². The minimum Gasteiger partial charge on any atom is -0.493 e. The quantitative estimate of drug-likeness (QED) is 0.343. The molecule has 7 heteroatoms. The Morgan fingerprint density at radius 1 is 1.06 bits per heavy atom. The van der Waals surface area contributed by atoms with Gasteiger partial charge < -0.3 is 20.1 Å². The number of carbonyl (C=O) groups excluding carboxylic acids is 1. The number of Topliss-reactive ketones (excluding diaryl/α,β-unsaturated/α-hetero) is 1. The van der Waals surface area contributed by atoms with Crippen molar-refractivity contribution in [1.29, 1.82) is 0 Å². The van der Waals surface area contributed by atoms with Crippen LogP contribution in [0, 0.1) is 0 Å². The Balaban J connectivity index is 1.64. The molecular weight excluding hydrogens is 528 g/mol. The zero-order valence-electron chi connectivity index (χ0n) is 19.5. The van der Waals surface area contributed by atoms with Gasteiger partial charge >= 0.3 is 0 Å². The van der Waals surface area contributed by atoms with E-state index in [4.69, 9.17) is 21.1 Å². The number of halogens is 2. The first-order chi connectivity index (χ1) is 17.0. The highest BCUT2D eigenvalue weighted by atomic mass is 79.9. The van der Waals surface area contributed by atoms with Crippen molar-refractivity contribution in [3.8, 4) is 11.5 Å². The molecule has 0 aromatic heterocycles. The van der Waals surface area contributed by atoms with Crippen molar-refractivity contribution in [2.75, 3.05) is 24.4 Å². The molecule has 0 bridgehead atoms. The summed E-state index contributed by atoms with van der Waals surface area (Å²) >= 11 is 10.2. The Bertz CT molecular complexity index is 1320. The molecule has 1 aliphatic carbocycles. The number of fused-ring (bicyclic) bond motifs is 1. The number of ether oxygens (including phenoxy) is 2. The van der Waals surface area contributed by atoms with Gasteiger partial charge in [0.05, 0.1) is 35.6 Å². The van der Waals surface area contributed by atoms with Crippen molar-refractivity contribution in [3.63, 3.8) is 0 Å². The molecule has 5 nitrogen and oxygen atoms in total. The first kappa shape index (κ1) is 23.8. The van der Waals surface area contributed by atoms with E-state index in [-0.39, 0.29) is 17.7 Å². The Hall–Kier alpha value is -2.96. The summed E-state index contributed by atoms with van der Waals surface area (Å²) in [7, 11) is 1.62. The maximum Gasteiger partial charge on any atom is 0.175 e. The molecule has 3 aromatic carbocycles. The third-order valence-corrected chi connectivity index (χ3v) is 7.46. The third-order valence-electron chi connectivity index (χ3n) is 6.53. The van der Waals surface area contributed by atoms with Gasteiger partial charge in [0.1, 0.15) is 0 Å². The van der Waals surface area contributed by atoms with Gasteiger partial charge in [0.2, 0.25) is 0 Å². The van der Waals surface area contributed by atoms with Crippen molar-refractivity contribution >= 4 is 44.7 Å². The van der Waals surface area contributed by atoms with Crippen molar-refractivity contribution < 1.29 is 14.3 Å². The first-order valence-electron chi connectivity index (χ1n) is 11.6. The number of para-hydroxylation sites is 2. The van der Waals surface area contributed by atoms with Crippen LogP contribution in [0.2, 0.25) is 5.02 Å². The fourth-order valence-electron chi connectivity index (χ4n) is 4.96. The smallest absolute Gasteiger partial charge is 0.175 e.